The Kier molecular flexibility index (Phi) is 11.0. The van der Waals surface area contributed by atoms with Crippen molar-refractivity contribution in [3.63, 3.8) is 0 Å². The van der Waals surface area contributed by atoms with Crippen molar-refractivity contribution in [2.45, 2.75) is 45.4 Å². The number of rotatable bonds is 12. The minimum Gasteiger partial charge on any atom is -0.447 e. The van der Waals surface area contributed by atoms with Crippen molar-refractivity contribution >= 4 is 46.1 Å². The van der Waals surface area contributed by atoms with Crippen LogP contribution in [0.2, 0.25) is 5.02 Å². The van der Waals surface area contributed by atoms with Crippen LogP contribution in [0.1, 0.15) is 32.3 Å². The van der Waals surface area contributed by atoms with Gasteiger partial charge in [0.25, 0.3) is 0 Å². The third-order valence-corrected chi connectivity index (χ3v) is 6.17. The average molecular weight is 560 g/mol. The summed E-state index contributed by atoms with van der Waals surface area (Å²) in [7, 11) is 0. The van der Waals surface area contributed by atoms with Gasteiger partial charge in [0.2, 0.25) is 11.8 Å². The molecule has 208 valence electrons. The first-order valence-corrected chi connectivity index (χ1v) is 12.7. The van der Waals surface area contributed by atoms with E-state index in [2.05, 4.69) is 21.0 Å². The largest absolute Gasteiger partial charge is 0.447 e. The summed E-state index contributed by atoms with van der Waals surface area (Å²) < 4.78 is 19.3. The Morgan fingerprint density at radius 3 is 2.62 bits per heavy atom. The highest BCUT2D eigenvalue weighted by atomic mass is 35.5. The highest BCUT2D eigenvalue weighted by molar-refractivity contribution is 6.31. The zero-order valence-electron chi connectivity index (χ0n) is 21.6. The SMILES string of the molecule is CC(=O)N(NCc1cccc(F)c1Cl)[C@@H](CCC(=O)NC[C@H](C)O)COC(=O)Nc1cc2ccccc2cn1. The van der Waals surface area contributed by atoms with Gasteiger partial charge >= 0.3 is 6.09 Å². The number of nitrogens with zero attached hydrogens (tertiary/aromatic N) is 2. The lowest BCUT2D eigenvalue weighted by atomic mass is 10.1. The normalized spacial score (nSPS) is 12.4. The number of nitrogens with one attached hydrogen (secondary N) is 3. The Morgan fingerprint density at radius 1 is 1.15 bits per heavy atom. The van der Waals surface area contributed by atoms with Gasteiger partial charge in [-0.3, -0.25) is 19.9 Å². The molecule has 0 aliphatic carbocycles. The lowest BCUT2D eigenvalue weighted by Crippen LogP contribution is -2.51. The molecular weight excluding hydrogens is 529 g/mol. The van der Waals surface area contributed by atoms with E-state index in [1.54, 1.807) is 25.3 Å². The van der Waals surface area contributed by atoms with E-state index in [0.29, 0.717) is 5.56 Å². The first-order valence-electron chi connectivity index (χ1n) is 12.3. The average Bonchev–Trinajstić information content (AvgIpc) is 2.90. The summed E-state index contributed by atoms with van der Waals surface area (Å²) >= 11 is 6.04. The number of aliphatic hydroxyl groups excluding tert-OH is 1. The molecule has 10 nitrogen and oxygen atoms in total. The molecule has 0 radical (unpaired) electrons. The number of hydrogen-bond donors (Lipinski definition) is 4. The lowest BCUT2D eigenvalue weighted by Gasteiger charge is -2.31. The van der Waals surface area contributed by atoms with Crippen molar-refractivity contribution in [3.8, 4) is 0 Å². The molecule has 0 unspecified atom stereocenters. The van der Waals surface area contributed by atoms with E-state index in [-0.39, 0.29) is 49.3 Å². The number of benzene rings is 2. The number of aliphatic hydroxyl groups is 1. The topological polar surface area (TPSA) is 133 Å². The second-order valence-electron chi connectivity index (χ2n) is 8.92. The molecule has 0 bridgehead atoms. The predicted molar refractivity (Wildman–Crippen MR) is 145 cm³/mol. The number of halogens is 2. The number of fused-ring (bicyclic) bond motifs is 1. The molecule has 0 aliphatic rings. The third kappa shape index (κ3) is 9.17. The lowest BCUT2D eigenvalue weighted by molar-refractivity contribution is -0.137. The number of carbonyl (C=O) groups is 3. The van der Waals surface area contributed by atoms with Gasteiger partial charge in [0, 0.05) is 38.0 Å². The molecule has 2 atom stereocenters. The number of hydrazine groups is 1. The molecule has 4 N–H and O–H groups in total. The minimum absolute atomic E-state index is 0.00804. The fraction of sp³-hybridized carbons (Fsp3) is 0.333. The van der Waals surface area contributed by atoms with E-state index in [1.807, 2.05) is 24.3 Å². The molecule has 1 aromatic heterocycles. The van der Waals surface area contributed by atoms with Gasteiger partial charge in [-0.25, -0.2) is 19.6 Å². The van der Waals surface area contributed by atoms with E-state index in [9.17, 15) is 23.9 Å². The maximum absolute atomic E-state index is 13.9. The van der Waals surface area contributed by atoms with Crippen molar-refractivity contribution < 1.29 is 28.6 Å². The molecule has 0 aliphatic heterocycles. The molecule has 2 aromatic carbocycles. The highest BCUT2D eigenvalue weighted by Gasteiger charge is 2.24. The van der Waals surface area contributed by atoms with Crippen molar-refractivity contribution in [3.05, 3.63) is 71.1 Å². The van der Waals surface area contributed by atoms with Crippen LogP contribution in [-0.4, -0.2) is 58.3 Å². The quantitative estimate of drug-likeness (QED) is 0.248. The monoisotopic (exact) mass is 559 g/mol. The van der Waals surface area contributed by atoms with Crippen LogP contribution in [0.3, 0.4) is 0 Å². The summed E-state index contributed by atoms with van der Waals surface area (Å²) in [4.78, 5) is 41.6. The molecule has 1 heterocycles. The number of anilines is 1. The molecule has 39 heavy (non-hydrogen) atoms. The smallest absolute Gasteiger partial charge is 0.412 e. The van der Waals surface area contributed by atoms with E-state index in [0.717, 1.165) is 10.8 Å². The van der Waals surface area contributed by atoms with Gasteiger partial charge in [-0.2, -0.15) is 0 Å². The Labute approximate surface area is 230 Å². The summed E-state index contributed by atoms with van der Waals surface area (Å²) in [6.45, 7) is 2.67. The van der Waals surface area contributed by atoms with Crippen LogP contribution < -0.4 is 16.1 Å². The number of hydrogen-bond acceptors (Lipinski definition) is 7. The molecule has 3 aromatic rings. The van der Waals surface area contributed by atoms with Crippen molar-refractivity contribution in [1.29, 1.82) is 0 Å². The van der Waals surface area contributed by atoms with Gasteiger partial charge in [-0.1, -0.05) is 48.0 Å². The fourth-order valence-electron chi connectivity index (χ4n) is 3.75. The molecule has 0 spiro atoms. The van der Waals surface area contributed by atoms with E-state index in [4.69, 9.17) is 16.3 Å². The van der Waals surface area contributed by atoms with Gasteiger partial charge in [0.1, 0.15) is 18.2 Å². The second-order valence-corrected chi connectivity index (χ2v) is 9.30. The number of amides is 3. The van der Waals surface area contributed by atoms with Crippen LogP contribution in [-0.2, 0) is 20.9 Å². The Morgan fingerprint density at radius 2 is 1.90 bits per heavy atom. The van der Waals surface area contributed by atoms with Crippen LogP contribution in [0.5, 0.6) is 0 Å². The predicted octanol–water partition coefficient (Wildman–Crippen LogP) is 3.77. The van der Waals surface area contributed by atoms with Crippen LogP contribution >= 0.6 is 11.6 Å². The summed E-state index contributed by atoms with van der Waals surface area (Å²) in [6, 6.07) is 12.8. The molecule has 0 saturated carbocycles. The number of aromatic nitrogens is 1. The van der Waals surface area contributed by atoms with Crippen LogP contribution in [0.15, 0.2) is 54.7 Å². The molecule has 12 heteroatoms. The van der Waals surface area contributed by atoms with E-state index >= 15 is 0 Å². The van der Waals surface area contributed by atoms with E-state index in [1.165, 1.54) is 24.1 Å². The van der Waals surface area contributed by atoms with Crippen LogP contribution in [0.4, 0.5) is 15.0 Å². The van der Waals surface area contributed by atoms with Crippen LogP contribution in [0, 0.1) is 5.82 Å². The Bertz CT molecular complexity index is 1310. The Balaban J connectivity index is 1.68. The minimum atomic E-state index is -0.794. The molecule has 3 amide bonds. The maximum atomic E-state index is 13.9. The fourth-order valence-corrected chi connectivity index (χ4v) is 3.94. The molecular formula is C27H31ClFN5O5. The van der Waals surface area contributed by atoms with Gasteiger partial charge in [-0.15, -0.1) is 0 Å². The van der Waals surface area contributed by atoms with Crippen molar-refractivity contribution in [2.75, 3.05) is 18.5 Å². The first kappa shape index (κ1) is 29.8. The summed E-state index contributed by atoms with van der Waals surface area (Å²) in [6.07, 6.45) is 0.223. The maximum Gasteiger partial charge on any atom is 0.412 e. The zero-order chi connectivity index (χ0) is 28.4. The standard InChI is InChI=1S/C27H31ClFN5O5/c1-17(35)13-31-25(37)11-10-22(34(18(2)36)32-15-21-8-5-9-23(29)26(21)28)16-39-27(38)33-24-12-19-6-3-4-7-20(19)14-30-24/h3-9,12,14,17,22,32,35H,10-11,13,15-16H2,1-2H3,(H,31,37)(H,30,33,38)/t17-,22-/m0/s1. The third-order valence-electron chi connectivity index (χ3n) is 5.74. The van der Waals surface area contributed by atoms with Crippen molar-refractivity contribution in [2.24, 2.45) is 0 Å². The molecule has 0 saturated heterocycles. The van der Waals surface area contributed by atoms with Gasteiger partial charge in [0.05, 0.1) is 17.2 Å². The van der Waals surface area contributed by atoms with Crippen molar-refractivity contribution in [1.82, 2.24) is 20.7 Å². The number of pyridine rings is 1. The Hall–Kier alpha value is -3.80. The second kappa shape index (κ2) is 14.4. The summed E-state index contributed by atoms with van der Waals surface area (Å²) in [5, 5.41) is 17.5. The van der Waals surface area contributed by atoms with Gasteiger partial charge < -0.3 is 15.2 Å². The first-order chi connectivity index (χ1) is 18.6. The summed E-state index contributed by atoms with van der Waals surface area (Å²) in [5.41, 5.74) is 3.32. The van der Waals surface area contributed by atoms with Crippen LogP contribution in [0.25, 0.3) is 10.8 Å². The van der Waals surface area contributed by atoms with Gasteiger partial charge in [-0.05, 0) is 36.4 Å². The molecule has 3 rings (SSSR count). The molecule has 0 fully saturated rings. The highest BCUT2D eigenvalue weighted by Crippen LogP contribution is 2.20. The number of ether oxygens (including phenoxy) is 1. The van der Waals surface area contributed by atoms with Gasteiger partial charge in [0.15, 0.2) is 0 Å². The number of carbonyl (C=O) groups excluding carboxylic acids is 3. The zero-order valence-corrected chi connectivity index (χ0v) is 22.4. The summed E-state index contributed by atoms with van der Waals surface area (Å²) in [5.74, 6) is -1.08. The van der Waals surface area contributed by atoms with E-state index < -0.39 is 30.0 Å².